The van der Waals surface area contributed by atoms with Crippen molar-refractivity contribution < 1.29 is 14.3 Å². The Morgan fingerprint density at radius 3 is 2.74 bits per heavy atom. The number of hydrogen-bond donors (Lipinski definition) is 2. The average molecular weight is 317 g/mol. The smallest absolute Gasteiger partial charge is 0.244 e. The zero-order valence-corrected chi connectivity index (χ0v) is 13.4. The van der Waals surface area contributed by atoms with Crippen LogP contribution in [0.1, 0.15) is 31.7 Å². The van der Waals surface area contributed by atoms with E-state index in [1.165, 1.54) is 0 Å². The lowest BCUT2D eigenvalue weighted by Crippen LogP contribution is -2.54. The molecule has 0 saturated carbocycles. The number of nitrogens with zero attached hydrogens (tertiary/aromatic N) is 1. The minimum absolute atomic E-state index is 0.0471. The lowest BCUT2D eigenvalue weighted by Gasteiger charge is -2.32. The highest BCUT2D eigenvalue weighted by atomic mass is 16.5. The van der Waals surface area contributed by atoms with Gasteiger partial charge in [0, 0.05) is 38.1 Å². The molecule has 1 aromatic carbocycles. The third-order valence-corrected chi connectivity index (χ3v) is 4.67. The number of carbonyl (C=O) groups excluding carboxylic acids is 2. The quantitative estimate of drug-likeness (QED) is 0.864. The van der Waals surface area contributed by atoms with Crippen LogP contribution in [0.2, 0.25) is 0 Å². The number of aryl methyl sites for hydroxylation is 1. The van der Waals surface area contributed by atoms with Crippen molar-refractivity contribution in [3.8, 4) is 0 Å². The maximum Gasteiger partial charge on any atom is 0.244 e. The molecule has 0 spiro atoms. The van der Waals surface area contributed by atoms with E-state index in [1.54, 1.807) is 11.8 Å². The van der Waals surface area contributed by atoms with Gasteiger partial charge in [-0.1, -0.05) is 0 Å². The average Bonchev–Trinajstić information content (AvgIpc) is 2.54. The highest BCUT2D eigenvalue weighted by molar-refractivity contribution is 5.99. The van der Waals surface area contributed by atoms with Gasteiger partial charge >= 0.3 is 0 Å². The number of amides is 2. The molecule has 2 heterocycles. The first-order valence-electron chi connectivity index (χ1n) is 8.09. The van der Waals surface area contributed by atoms with Crippen molar-refractivity contribution in [3.05, 3.63) is 23.8 Å². The Hall–Kier alpha value is -1.92. The summed E-state index contributed by atoms with van der Waals surface area (Å²) in [5, 5.41) is 2.92. The van der Waals surface area contributed by atoms with Gasteiger partial charge in [-0.3, -0.25) is 9.59 Å². The van der Waals surface area contributed by atoms with E-state index >= 15 is 0 Å². The Kier molecular flexibility index (Phi) is 4.37. The third-order valence-electron chi connectivity index (χ3n) is 4.67. The van der Waals surface area contributed by atoms with E-state index in [0.29, 0.717) is 26.1 Å². The molecule has 6 heteroatoms. The first kappa shape index (κ1) is 16.0. The van der Waals surface area contributed by atoms with E-state index in [1.807, 2.05) is 18.2 Å². The summed E-state index contributed by atoms with van der Waals surface area (Å²) in [4.78, 5) is 26.0. The van der Waals surface area contributed by atoms with Crippen molar-refractivity contribution in [3.63, 3.8) is 0 Å². The first-order chi connectivity index (χ1) is 11.0. The van der Waals surface area contributed by atoms with Crippen molar-refractivity contribution in [2.45, 2.75) is 38.1 Å². The summed E-state index contributed by atoms with van der Waals surface area (Å²) in [7, 11) is 0. The number of hydrogen-bond acceptors (Lipinski definition) is 4. The molecule has 3 rings (SSSR count). The zero-order valence-electron chi connectivity index (χ0n) is 13.4. The number of nitrogens with one attached hydrogen (secondary N) is 1. The second-order valence-corrected chi connectivity index (χ2v) is 6.34. The summed E-state index contributed by atoms with van der Waals surface area (Å²) in [5.74, 6) is -0.120. The number of nitrogens with two attached hydrogens (primary N) is 1. The first-order valence-corrected chi connectivity index (χ1v) is 8.09. The molecule has 1 aromatic rings. The van der Waals surface area contributed by atoms with Crippen LogP contribution in [0.25, 0.3) is 0 Å². The van der Waals surface area contributed by atoms with Crippen molar-refractivity contribution in [1.82, 2.24) is 0 Å². The molecule has 23 heavy (non-hydrogen) atoms. The Morgan fingerprint density at radius 2 is 2.04 bits per heavy atom. The van der Waals surface area contributed by atoms with Crippen LogP contribution in [-0.2, 0) is 20.7 Å². The predicted molar refractivity (Wildman–Crippen MR) is 88.4 cm³/mol. The highest BCUT2D eigenvalue weighted by Gasteiger charge is 2.36. The highest BCUT2D eigenvalue weighted by Crippen LogP contribution is 2.30. The molecule has 1 fully saturated rings. The van der Waals surface area contributed by atoms with Crippen LogP contribution in [0.3, 0.4) is 0 Å². The third kappa shape index (κ3) is 3.23. The van der Waals surface area contributed by atoms with E-state index in [4.69, 9.17) is 10.5 Å². The summed E-state index contributed by atoms with van der Waals surface area (Å²) in [5.41, 5.74) is 8.10. The molecule has 0 atom stereocenters. The van der Waals surface area contributed by atoms with Crippen LogP contribution < -0.4 is 16.0 Å². The molecule has 2 amide bonds. The second-order valence-electron chi connectivity index (χ2n) is 6.34. The van der Waals surface area contributed by atoms with Crippen LogP contribution in [0.15, 0.2) is 18.2 Å². The Balaban J connectivity index is 1.77. The SMILES string of the molecule is CC(=O)N1CCCc2cc(NC(=O)C3(N)CCOCC3)ccc21. The molecular weight excluding hydrogens is 294 g/mol. The summed E-state index contributed by atoms with van der Waals surface area (Å²) in [6.45, 7) is 3.36. The molecule has 0 radical (unpaired) electrons. The molecule has 3 N–H and O–H groups in total. The van der Waals surface area contributed by atoms with Crippen molar-refractivity contribution in [1.29, 1.82) is 0 Å². The number of fused-ring (bicyclic) bond motifs is 1. The van der Waals surface area contributed by atoms with Gasteiger partial charge in [0.1, 0.15) is 5.54 Å². The van der Waals surface area contributed by atoms with Gasteiger partial charge in [-0.2, -0.15) is 0 Å². The van der Waals surface area contributed by atoms with Crippen molar-refractivity contribution in [2.75, 3.05) is 30.0 Å². The van der Waals surface area contributed by atoms with Crippen LogP contribution in [-0.4, -0.2) is 37.1 Å². The Morgan fingerprint density at radius 1 is 1.30 bits per heavy atom. The lowest BCUT2D eigenvalue weighted by molar-refractivity contribution is -0.124. The molecule has 0 unspecified atom stereocenters. The van der Waals surface area contributed by atoms with Gasteiger partial charge in [0.25, 0.3) is 0 Å². The monoisotopic (exact) mass is 317 g/mol. The summed E-state index contributed by atoms with van der Waals surface area (Å²) in [6, 6.07) is 5.68. The van der Waals surface area contributed by atoms with Gasteiger partial charge in [-0.05, 0) is 49.4 Å². The zero-order chi connectivity index (χ0) is 16.4. The molecule has 0 aliphatic carbocycles. The molecule has 2 aliphatic heterocycles. The predicted octanol–water partition coefficient (Wildman–Crippen LogP) is 1.43. The van der Waals surface area contributed by atoms with Gasteiger partial charge in [0.15, 0.2) is 0 Å². The normalized spacial score (nSPS) is 19.8. The maximum absolute atomic E-state index is 12.5. The fraction of sp³-hybridized carbons (Fsp3) is 0.529. The molecule has 0 aromatic heterocycles. The van der Waals surface area contributed by atoms with Gasteiger partial charge in [0.05, 0.1) is 0 Å². The molecule has 6 nitrogen and oxygen atoms in total. The second kappa shape index (κ2) is 6.29. The number of carbonyl (C=O) groups is 2. The fourth-order valence-electron chi connectivity index (χ4n) is 3.22. The van der Waals surface area contributed by atoms with Gasteiger partial charge in [-0.25, -0.2) is 0 Å². The van der Waals surface area contributed by atoms with Crippen LogP contribution in [0, 0.1) is 0 Å². The topological polar surface area (TPSA) is 84.7 Å². The van der Waals surface area contributed by atoms with Crippen LogP contribution in [0.4, 0.5) is 11.4 Å². The Bertz CT molecular complexity index is 624. The summed E-state index contributed by atoms with van der Waals surface area (Å²) in [6.07, 6.45) is 2.90. The molecule has 1 saturated heterocycles. The van der Waals surface area contributed by atoms with E-state index < -0.39 is 5.54 Å². The number of anilines is 2. The van der Waals surface area contributed by atoms with Crippen molar-refractivity contribution in [2.24, 2.45) is 5.73 Å². The number of rotatable bonds is 2. The van der Waals surface area contributed by atoms with E-state index in [-0.39, 0.29) is 11.8 Å². The van der Waals surface area contributed by atoms with E-state index in [0.717, 1.165) is 36.3 Å². The van der Waals surface area contributed by atoms with Crippen molar-refractivity contribution >= 4 is 23.2 Å². The fourth-order valence-corrected chi connectivity index (χ4v) is 3.22. The minimum atomic E-state index is -0.862. The molecule has 2 aliphatic rings. The lowest BCUT2D eigenvalue weighted by atomic mass is 9.90. The van der Waals surface area contributed by atoms with Gasteiger partial charge < -0.3 is 20.7 Å². The maximum atomic E-state index is 12.5. The molecule has 124 valence electrons. The largest absolute Gasteiger partial charge is 0.381 e. The Labute approximate surface area is 136 Å². The summed E-state index contributed by atoms with van der Waals surface area (Å²) >= 11 is 0. The standard InChI is InChI=1S/C17H23N3O3/c1-12(21)20-8-2-3-13-11-14(4-5-15(13)20)19-16(22)17(18)6-9-23-10-7-17/h4-5,11H,2-3,6-10,18H2,1H3,(H,19,22). The van der Waals surface area contributed by atoms with Crippen LogP contribution >= 0.6 is 0 Å². The van der Waals surface area contributed by atoms with Crippen LogP contribution in [0.5, 0.6) is 0 Å². The summed E-state index contributed by atoms with van der Waals surface area (Å²) < 4.78 is 5.28. The molecule has 0 bridgehead atoms. The number of benzene rings is 1. The van der Waals surface area contributed by atoms with Gasteiger partial charge in [0.2, 0.25) is 11.8 Å². The van der Waals surface area contributed by atoms with E-state index in [9.17, 15) is 9.59 Å². The minimum Gasteiger partial charge on any atom is -0.381 e. The number of ether oxygens (including phenoxy) is 1. The van der Waals surface area contributed by atoms with E-state index in [2.05, 4.69) is 5.32 Å². The molecular formula is C17H23N3O3. The van der Waals surface area contributed by atoms with Gasteiger partial charge in [-0.15, -0.1) is 0 Å².